The van der Waals surface area contributed by atoms with Gasteiger partial charge in [0.2, 0.25) is 0 Å². The minimum atomic E-state index is 0.608. The minimum absolute atomic E-state index is 0.608. The van der Waals surface area contributed by atoms with Gasteiger partial charge in [0.25, 0.3) is 0 Å². The maximum absolute atomic E-state index is 5.74. The maximum Gasteiger partial charge on any atom is 0.163 e. The van der Waals surface area contributed by atoms with Crippen LogP contribution in [0.5, 0.6) is 11.5 Å². The molecule has 1 aromatic heterocycles. The topological polar surface area (TPSA) is 75.4 Å². The van der Waals surface area contributed by atoms with E-state index in [-0.39, 0.29) is 0 Å². The number of aromatic nitrogens is 1. The van der Waals surface area contributed by atoms with E-state index >= 15 is 0 Å². The molecule has 0 unspecified atom stereocenters. The van der Waals surface area contributed by atoms with Gasteiger partial charge in [-0.2, -0.15) is 0 Å². The first-order valence-electron chi connectivity index (χ1n) is 8.06. The lowest BCUT2D eigenvalue weighted by molar-refractivity contribution is 0.288. The zero-order valence-electron chi connectivity index (χ0n) is 13.6. The number of hydrogen-bond acceptors (Lipinski definition) is 4. The highest BCUT2D eigenvalue weighted by Crippen LogP contribution is 2.35. The van der Waals surface area contributed by atoms with Gasteiger partial charge in [-0.1, -0.05) is 0 Å². The number of nitrogens with zero attached hydrogens (tertiary/aromatic N) is 1. The molecule has 0 bridgehead atoms. The Kier molecular flexibility index (Phi) is 6.10. The first-order valence-corrected chi connectivity index (χ1v) is 8.06. The van der Waals surface area contributed by atoms with Crippen molar-refractivity contribution in [3.63, 3.8) is 0 Å². The van der Waals surface area contributed by atoms with Crippen molar-refractivity contribution in [3.05, 3.63) is 23.9 Å². The fourth-order valence-electron chi connectivity index (χ4n) is 2.72. The van der Waals surface area contributed by atoms with Crippen LogP contribution in [-0.2, 0) is 13.0 Å². The predicted molar refractivity (Wildman–Crippen MR) is 90.7 cm³/mol. The molecule has 1 aromatic carbocycles. The number of fused-ring (bicyclic) bond motifs is 1. The van der Waals surface area contributed by atoms with Gasteiger partial charge < -0.3 is 25.5 Å². The Morgan fingerprint density at radius 3 is 2.27 bits per heavy atom. The van der Waals surface area contributed by atoms with Crippen molar-refractivity contribution >= 4 is 10.9 Å². The normalized spacial score (nSPS) is 11.1. The summed E-state index contributed by atoms with van der Waals surface area (Å²) >= 11 is 0. The summed E-state index contributed by atoms with van der Waals surface area (Å²) in [5.41, 5.74) is 13.8. The second-order valence-electron chi connectivity index (χ2n) is 5.21. The average Bonchev–Trinajstić information content (AvgIpc) is 2.84. The van der Waals surface area contributed by atoms with E-state index in [1.165, 1.54) is 10.9 Å². The van der Waals surface area contributed by atoms with Gasteiger partial charge >= 0.3 is 0 Å². The van der Waals surface area contributed by atoms with E-state index in [0.717, 1.165) is 36.4 Å². The van der Waals surface area contributed by atoms with Crippen LogP contribution < -0.4 is 20.9 Å². The standard InChI is InChI=1S/C17H27N3O2/c1-3-21-16-10-14-13(6-5-7-18)12-20(9-8-19)15(14)11-17(16)22-4-2/h10-12H,3-9,18-19H2,1-2H3. The lowest BCUT2D eigenvalue weighted by Crippen LogP contribution is -2.09. The van der Waals surface area contributed by atoms with Crippen molar-refractivity contribution in [2.45, 2.75) is 33.2 Å². The number of benzene rings is 1. The van der Waals surface area contributed by atoms with Gasteiger partial charge in [0.15, 0.2) is 11.5 Å². The third-order valence-electron chi connectivity index (χ3n) is 3.65. The summed E-state index contributed by atoms with van der Waals surface area (Å²) in [6.07, 6.45) is 4.11. The van der Waals surface area contributed by atoms with Gasteiger partial charge in [-0.25, -0.2) is 0 Å². The fraction of sp³-hybridized carbons (Fsp3) is 0.529. The number of aryl methyl sites for hydroxylation is 1. The third kappa shape index (κ3) is 3.54. The Morgan fingerprint density at radius 1 is 1.00 bits per heavy atom. The molecule has 5 heteroatoms. The van der Waals surface area contributed by atoms with E-state index in [1.54, 1.807) is 0 Å². The molecule has 0 spiro atoms. The molecular formula is C17H27N3O2. The van der Waals surface area contributed by atoms with Gasteiger partial charge in [0.1, 0.15) is 0 Å². The molecular weight excluding hydrogens is 278 g/mol. The second kappa shape index (κ2) is 8.06. The summed E-state index contributed by atoms with van der Waals surface area (Å²) in [6, 6.07) is 4.15. The van der Waals surface area contributed by atoms with Crippen molar-refractivity contribution in [3.8, 4) is 11.5 Å². The van der Waals surface area contributed by atoms with Crippen molar-refractivity contribution in [1.82, 2.24) is 4.57 Å². The molecule has 0 aliphatic carbocycles. The fourth-order valence-corrected chi connectivity index (χ4v) is 2.72. The maximum atomic E-state index is 5.74. The number of nitrogens with two attached hydrogens (primary N) is 2. The van der Waals surface area contributed by atoms with Crippen LogP contribution in [0.25, 0.3) is 10.9 Å². The van der Waals surface area contributed by atoms with Gasteiger partial charge in [0, 0.05) is 30.7 Å². The first-order chi connectivity index (χ1) is 10.7. The molecule has 122 valence electrons. The lowest BCUT2D eigenvalue weighted by atomic mass is 10.1. The molecule has 0 radical (unpaired) electrons. The summed E-state index contributed by atoms with van der Waals surface area (Å²) < 4.78 is 13.7. The van der Waals surface area contributed by atoms with Crippen LogP contribution in [0.15, 0.2) is 18.3 Å². The van der Waals surface area contributed by atoms with Gasteiger partial charge in [0.05, 0.1) is 18.7 Å². The molecule has 0 saturated carbocycles. The van der Waals surface area contributed by atoms with Crippen LogP contribution in [0, 0.1) is 0 Å². The largest absolute Gasteiger partial charge is 0.490 e. The number of hydrogen-bond donors (Lipinski definition) is 2. The molecule has 5 nitrogen and oxygen atoms in total. The predicted octanol–water partition coefficient (Wildman–Crippen LogP) is 2.29. The summed E-state index contributed by atoms with van der Waals surface area (Å²) in [5, 5.41) is 1.20. The van der Waals surface area contributed by atoms with E-state index in [9.17, 15) is 0 Å². The summed E-state index contributed by atoms with van der Waals surface area (Å²) in [5.74, 6) is 1.59. The average molecular weight is 305 g/mol. The molecule has 0 aliphatic rings. The highest BCUT2D eigenvalue weighted by Gasteiger charge is 2.14. The molecule has 4 N–H and O–H groups in total. The van der Waals surface area contributed by atoms with Crippen LogP contribution in [-0.4, -0.2) is 30.9 Å². The van der Waals surface area contributed by atoms with Crippen molar-refractivity contribution in [1.29, 1.82) is 0 Å². The SMILES string of the molecule is CCOc1cc2c(CCCN)cn(CCN)c2cc1OCC. The highest BCUT2D eigenvalue weighted by atomic mass is 16.5. The van der Waals surface area contributed by atoms with Crippen molar-refractivity contribution in [2.75, 3.05) is 26.3 Å². The van der Waals surface area contributed by atoms with E-state index in [2.05, 4.69) is 22.9 Å². The van der Waals surface area contributed by atoms with Crippen molar-refractivity contribution < 1.29 is 9.47 Å². The zero-order chi connectivity index (χ0) is 15.9. The van der Waals surface area contributed by atoms with Crippen LogP contribution in [0.1, 0.15) is 25.8 Å². The van der Waals surface area contributed by atoms with Gasteiger partial charge in [-0.3, -0.25) is 0 Å². The first kappa shape index (κ1) is 16.6. The highest BCUT2D eigenvalue weighted by molar-refractivity contribution is 5.87. The van der Waals surface area contributed by atoms with E-state index in [0.29, 0.717) is 26.3 Å². The molecule has 2 rings (SSSR count). The van der Waals surface area contributed by atoms with Gasteiger partial charge in [-0.05, 0) is 44.9 Å². The Balaban J connectivity index is 2.53. The summed E-state index contributed by atoms with van der Waals surface area (Å²) in [6.45, 7) is 7.28. The van der Waals surface area contributed by atoms with E-state index in [4.69, 9.17) is 20.9 Å². The van der Waals surface area contributed by atoms with E-state index < -0.39 is 0 Å². The minimum Gasteiger partial charge on any atom is -0.490 e. The molecule has 0 amide bonds. The number of rotatable bonds is 9. The monoisotopic (exact) mass is 305 g/mol. The number of ether oxygens (including phenoxy) is 2. The molecule has 0 saturated heterocycles. The molecule has 22 heavy (non-hydrogen) atoms. The molecule has 1 heterocycles. The summed E-state index contributed by atoms with van der Waals surface area (Å²) in [7, 11) is 0. The zero-order valence-corrected chi connectivity index (χ0v) is 13.6. The lowest BCUT2D eigenvalue weighted by Gasteiger charge is -2.12. The Labute approximate surface area is 132 Å². The Hall–Kier alpha value is -1.72. The second-order valence-corrected chi connectivity index (χ2v) is 5.21. The smallest absolute Gasteiger partial charge is 0.163 e. The van der Waals surface area contributed by atoms with Crippen LogP contribution in [0.4, 0.5) is 0 Å². The molecule has 0 aliphatic heterocycles. The molecule has 0 fully saturated rings. The van der Waals surface area contributed by atoms with Crippen LogP contribution >= 0.6 is 0 Å². The van der Waals surface area contributed by atoms with Crippen LogP contribution in [0.3, 0.4) is 0 Å². The quantitative estimate of drug-likeness (QED) is 0.745. The van der Waals surface area contributed by atoms with E-state index in [1.807, 2.05) is 13.8 Å². The Morgan fingerprint density at radius 2 is 1.68 bits per heavy atom. The van der Waals surface area contributed by atoms with Gasteiger partial charge in [-0.15, -0.1) is 0 Å². The summed E-state index contributed by atoms with van der Waals surface area (Å²) in [4.78, 5) is 0. The third-order valence-corrected chi connectivity index (χ3v) is 3.65. The molecule has 0 atom stereocenters. The molecule has 2 aromatic rings. The van der Waals surface area contributed by atoms with Crippen molar-refractivity contribution in [2.24, 2.45) is 11.5 Å². The van der Waals surface area contributed by atoms with Crippen LogP contribution in [0.2, 0.25) is 0 Å². The Bertz CT molecular complexity index is 607.